The van der Waals surface area contributed by atoms with Crippen LogP contribution in [0.15, 0.2) is 0 Å². The van der Waals surface area contributed by atoms with Crippen molar-refractivity contribution in [1.29, 1.82) is 0 Å². The fourth-order valence-electron chi connectivity index (χ4n) is 3.62. The maximum Gasteiger partial charge on any atom is 0.0655 e. The van der Waals surface area contributed by atoms with E-state index in [4.69, 9.17) is 0 Å². The summed E-state index contributed by atoms with van der Waals surface area (Å²) in [5, 5.41) is 10.8. The molecule has 2 atom stereocenters. The van der Waals surface area contributed by atoms with Crippen LogP contribution in [-0.4, -0.2) is 10.7 Å². The van der Waals surface area contributed by atoms with Gasteiger partial charge in [-0.2, -0.15) is 0 Å². The van der Waals surface area contributed by atoms with Gasteiger partial charge in [-0.25, -0.2) is 0 Å². The number of aliphatic hydroxyl groups is 1. The second-order valence-electron chi connectivity index (χ2n) is 7.04. The lowest BCUT2D eigenvalue weighted by atomic mass is 9.67. The average molecular weight is 240 g/mol. The Kier molecular flexibility index (Phi) is 5.50. The highest BCUT2D eigenvalue weighted by molar-refractivity contribution is 4.91. The van der Waals surface area contributed by atoms with Crippen LogP contribution in [0.2, 0.25) is 0 Å². The van der Waals surface area contributed by atoms with E-state index in [0.717, 1.165) is 25.2 Å². The Balaban J connectivity index is 2.51. The van der Waals surface area contributed by atoms with Crippen LogP contribution in [0.4, 0.5) is 0 Å². The third-order valence-corrected chi connectivity index (χ3v) is 4.52. The van der Waals surface area contributed by atoms with Gasteiger partial charge in [-0.3, -0.25) is 0 Å². The van der Waals surface area contributed by atoms with Crippen LogP contribution in [0.5, 0.6) is 0 Å². The van der Waals surface area contributed by atoms with Crippen molar-refractivity contribution in [3.8, 4) is 0 Å². The summed E-state index contributed by atoms with van der Waals surface area (Å²) in [7, 11) is 0. The molecule has 1 N–H and O–H groups in total. The highest BCUT2D eigenvalue weighted by Crippen LogP contribution is 2.44. The molecule has 2 unspecified atom stereocenters. The SMILES string of the molecule is CCCCC(CC)CC1(O)CCCC(C)(C)C1. The Morgan fingerprint density at radius 3 is 2.41 bits per heavy atom. The lowest BCUT2D eigenvalue weighted by molar-refractivity contribution is -0.0569. The second-order valence-corrected chi connectivity index (χ2v) is 7.04. The van der Waals surface area contributed by atoms with Crippen molar-refractivity contribution in [3.63, 3.8) is 0 Å². The van der Waals surface area contributed by atoms with Gasteiger partial charge in [0.1, 0.15) is 0 Å². The maximum absolute atomic E-state index is 10.8. The monoisotopic (exact) mass is 240 g/mol. The van der Waals surface area contributed by atoms with Crippen molar-refractivity contribution in [2.45, 2.75) is 91.1 Å². The zero-order chi connectivity index (χ0) is 12.9. The molecule has 1 nitrogen and oxygen atoms in total. The minimum Gasteiger partial charge on any atom is -0.390 e. The van der Waals surface area contributed by atoms with Gasteiger partial charge in [0.15, 0.2) is 0 Å². The molecule has 0 bridgehead atoms. The molecule has 1 fully saturated rings. The van der Waals surface area contributed by atoms with Crippen LogP contribution in [0.25, 0.3) is 0 Å². The molecule has 0 spiro atoms. The molecule has 0 aromatic heterocycles. The fourth-order valence-corrected chi connectivity index (χ4v) is 3.62. The minimum atomic E-state index is -0.365. The fraction of sp³-hybridized carbons (Fsp3) is 1.00. The van der Waals surface area contributed by atoms with Crippen molar-refractivity contribution in [1.82, 2.24) is 0 Å². The summed E-state index contributed by atoms with van der Waals surface area (Å²) in [4.78, 5) is 0. The van der Waals surface area contributed by atoms with Crippen LogP contribution in [0.1, 0.15) is 85.5 Å². The normalized spacial score (nSPS) is 30.2. The van der Waals surface area contributed by atoms with E-state index in [2.05, 4.69) is 27.7 Å². The Morgan fingerprint density at radius 2 is 1.88 bits per heavy atom. The summed E-state index contributed by atoms with van der Waals surface area (Å²) >= 11 is 0. The van der Waals surface area contributed by atoms with Gasteiger partial charge in [0.25, 0.3) is 0 Å². The molecule has 1 heteroatoms. The summed E-state index contributed by atoms with van der Waals surface area (Å²) < 4.78 is 0. The largest absolute Gasteiger partial charge is 0.390 e. The molecule has 1 aliphatic rings. The zero-order valence-electron chi connectivity index (χ0n) is 12.4. The molecular formula is C16H32O. The molecule has 0 radical (unpaired) electrons. The molecule has 102 valence electrons. The highest BCUT2D eigenvalue weighted by atomic mass is 16.3. The van der Waals surface area contributed by atoms with Gasteiger partial charge in [-0.05, 0) is 37.0 Å². The molecule has 1 saturated carbocycles. The van der Waals surface area contributed by atoms with Crippen molar-refractivity contribution < 1.29 is 5.11 Å². The third-order valence-electron chi connectivity index (χ3n) is 4.52. The molecule has 0 amide bonds. The van der Waals surface area contributed by atoms with E-state index < -0.39 is 0 Å². The second kappa shape index (κ2) is 6.22. The molecule has 0 heterocycles. The van der Waals surface area contributed by atoms with Gasteiger partial charge >= 0.3 is 0 Å². The molecule has 0 aromatic carbocycles. The van der Waals surface area contributed by atoms with Gasteiger partial charge in [0.05, 0.1) is 5.60 Å². The number of rotatable bonds is 6. The lowest BCUT2D eigenvalue weighted by Crippen LogP contribution is -2.40. The predicted molar refractivity (Wildman–Crippen MR) is 75.1 cm³/mol. The first-order chi connectivity index (χ1) is 7.91. The molecular weight excluding hydrogens is 208 g/mol. The van der Waals surface area contributed by atoms with Crippen molar-refractivity contribution in [2.24, 2.45) is 11.3 Å². The van der Waals surface area contributed by atoms with Crippen molar-refractivity contribution in [3.05, 3.63) is 0 Å². The Bertz CT molecular complexity index is 222. The topological polar surface area (TPSA) is 20.2 Å². The van der Waals surface area contributed by atoms with Crippen LogP contribution >= 0.6 is 0 Å². The summed E-state index contributed by atoms with van der Waals surface area (Å²) in [6, 6.07) is 0. The first kappa shape index (κ1) is 15.0. The summed E-state index contributed by atoms with van der Waals surface area (Å²) in [5.74, 6) is 0.730. The Hall–Kier alpha value is -0.0400. The van der Waals surface area contributed by atoms with Crippen LogP contribution in [-0.2, 0) is 0 Å². The molecule has 17 heavy (non-hydrogen) atoms. The summed E-state index contributed by atoms with van der Waals surface area (Å²) in [6.45, 7) is 9.15. The number of hydrogen-bond acceptors (Lipinski definition) is 1. The first-order valence-electron chi connectivity index (χ1n) is 7.63. The van der Waals surface area contributed by atoms with Gasteiger partial charge < -0.3 is 5.11 Å². The minimum absolute atomic E-state index is 0.343. The number of hydrogen-bond donors (Lipinski definition) is 1. The predicted octanol–water partition coefficient (Wildman–Crippen LogP) is 4.92. The van der Waals surface area contributed by atoms with E-state index in [0.29, 0.717) is 5.41 Å². The average Bonchev–Trinajstić information content (AvgIpc) is 2.22. The first-order valence-corrected chi connectivity index (χ1v) is 7.63. The Morgan fingerprint density at radius 1 is 1.18 bits per heavy atom. The standard InChI is InChI=1S/C16H32O/c1-5-7-9-14(6-2)12-16(17)11-8-10-15(3,4)13-16/h14,17H,5-13H2,1-4H3. The van der Waals surface area contributed by atoms with Gasteiger partial charge in [0.2, 0.25) is 0 Å². The third kappa shape index (κ3) is 4.99. The molecule has 1 rings (SSSR count). The summed E-state index contributed by atoms with van der Waals surface area (Å²) in [5.41, 5.74) is -0.0216. The summed E-state index contributed by atoms with van der Waals surface area (Å²) in [6.07, 6.45) is 10.7. The molecule has 1 aliphatic carbocycles. The smallest absolute Gasteiger partial charge is 0.0655 e. The molecule has 0 saturated heterocycles. The quantitative estimate of drug-likeness (QED) is 0.698. The van der Waals surface area contributed by atoms with Crippen LogP contribution in [0.3, 0.4) is 0 Å². The highest BCUT2D eigenvalue weighted by Gasteiger charge is 2.39. The maximum atomic E-state index is 10.8. The van der Waals surface area contributed by atoms with E-state index in [-0.39, 0.29) is 5.60 Å². The van der Waals surface area contributed by atoms with E-state index >= 15 is 0 Å². The van der Waals surface area contributed by atoms with E-state index in [1.54, 1.807) is 0 Å². The Labute approximate surface area is 108 Å². The van der Waals surface area contributed by atoms with Crippen LogP contribution < -0.4 is 0 Å². The molecule has 0 aliphatic heterocycles. The van der Waals surface area contributed by atoms with Gasteiger partial charge in [0, 0.05) is 0 Å². The zero-order valence-corrected chi connectivity index (χ0v) is 12.4. The van der Waals surface area contributed by atoms with E-state index in [1.807, 2.05) is 0 Å². The van der Waals surface area contributed by atoms with E-state index in [1.165, 1.54) is 38.5 Å². The van der Waals surface area contributed by atoms with Gasteiger partial charge in [-0.1, -0.05) is 59.8 Å². The number of unbranched alkanes of at least 4 members (excludes halogenated alkanes) is 1. The van der Waals surface area contributed by atoms with Crippen LogP contribution in [0, 0.1) is 11.3 Å². The van der Waals surface area contributed by atoms with Crippen molar-refractivity contribution >= 4 is 0 Å². The molecule has 0 aromatic rings. The lowest BCUT2D eigenvalue weighted by Gasteiger charge is -2.43. The van der Waals surface area contributed by atoms with Crippen molar-refractivity contribution in [2.75, 3.05) is 0 Å². The van der Waals surface area contributed by atoms with Gasteiger partial charge in [-0.15, -0.1) is 0 Å². The van der Waals surface area contributed by atoms with E-state index in [9.17, 15) is 5.11 Å².